The molecule has 8 heteroatoms. The van der Waals surface area contributed by atoms with E-state index in [4.69, 9.17) is 9.47 Å². The lowest BCUT2D eigenvalue weighted by atomic mass is 9.88. The van der Waals surface area contributed by atoms with Gasteiger partial charge in [-0.3, -0.25) is 19.0 Å². The topological polar surface area (TPSA) is 87.5 Å². The molecule has 0 fully saturated rings. The lowest BCUT2D eigenvalue weighted by Crippen LogP contribution is -2.34. The predicted octanol–water partition coefficient (Wildman–Crippen LogP) is 4.91. The number of fused-ring (bicyclic) bond motifs is 2. The van der Waals surface area contributed by atoms with Gasteiger partial charge in [0, 0.05) is 18.5 Å². The Labute approximate surface area is 218 Å². The summed E-state index contributed by atoms with van der Waals surface area (Å²) in [6.45, 7) is 0.503. The van der Waals surface area contributed by atoms with Gasteiger partial charge in [0.05, 0.1) is 10.9 Å². The molecule has 0 N–H and O–H groups in total. The summed E-state index contributed by atoms with van der Waals surface area (Å²) in [5, 5.41) is 0.330. The molecule has 0 radical (unpaired) electrons. The van der Waals surface area contributed by atoms with Crippen LogP contribution in [0.1, 0.15) is 42.1 Å². The van der Waals surface area contributed by atoms with Crippen molar-refractivity contribution in [1.82, 2.24) is 9.55 Å². The predicted molar refractivity (Wildman–Crippen MR) is 139 cm³/mol. The van der Waals surface area contributed by atoms with Gasteiger partial charge in [0.15, 0.2) is 5.92 Å². The average molecular weight is 515 g/mol. The number of ether oxygens (including phenoxy) is 2. The van der Waals surface area contributed by atoms with Gasteiger partial charge in [-0.2, -0.15) is 0 Å². The largest absolute Gasteiger partial charge is 0.460 e. The zero-order valence-corrected chi connectivity index (χ0v) is 20.7. The number of aromatic nitrogens is 2. The second-order valence-electron chi connectivity index (χ2n) is 9.40. The second-order valence-corrected chi connectivity index (χ2v) is 9.40. The van der Waals surface area contributed by atoms with E-state index in [9.17, 15) is 18.8 Å². The minimum absolute atomic E-state index is 0.0189. The molecule has 2 heterocycles. The van der Waals surface area contributed by atoms with Crippen molar-refractivity contribution in [3.8, 4) is 0 Å². The normalized spacial score (nSPS) is 14.7. The molecule has 0 amide bonds. The molecule has 38 heavy (non-hydrogen) atoms. The van der Waals surface area contributed by atoms with Crippen molar-refractivity contribution in [3.05, 3.63) is 112 Å². The van der Waals surface area contributed by atoms with Gasteiger partial charge in [0.25, 0.3) is 5.56 Å². The molecule has 3 aromatic carbocycles. The zero-order valence-electron chi connectivity index (χ0n) is 20.7. The van der Waals surface area contributed by atoms with Crippen LogP contribution >= 0.6 is 0 Å². The average Bonchev–Trinajstić information content (AvgIpc) is 2.94. The summed E-state index contributed by atoms with van der Waals surface area (Å²) < 4.78 is 26.5. The fraction of sp³-hybridized carbons (Fsp3) is 0.267. The minimum atomic E-state index is -1.21. The summed E-state index contributed by atoms with van der Waals surface area (Å²) in [5.74, 6) is -3.04. The van der Waals surface area contributed by atoms with E-state index in [-0.39, 0.29) is 36.6 Å². The molecular weight excluding hydrogens is 487 g/mol. The molecule has 1 aliphatic heterocycles. The fourth-order valence-corrected chi connectivity index (χ4v) is 4.82. The maximum atomic E-state index is 13.9. The van der Waals surface area contributed by atoms with Gasteiger partial charge in [-0.05, 0) is 42.5 Å². The molecule has 5 rings (SSSR count). The third kappa shape index (κ3) is 5.64. The summed E-state index contributed by atoms with van der Waals surface area (Å²) in [5.41, 5.74) is 1.58. The summed E-state index contributed by atoms with van der Waals surface area (Å²) in [7, 11) is 0. The zero-order chi connectivity index (χ0) is 26.5. The minimum Gasteiger partial charge on any atom is -0.460 e. The molecule has 194 valence electrons. The number of benzene rings is 3. The SMILES string of the molecule is O=C(OCc1ccccc1)C(CC1CCCn2c1nc1cc(F)ccc1c2=O)C(=O)OCc1ccccc1. The van der Waals surface area contributed by atoms with Crippen LogP contribution in [0.3, 0.4) is 0 Å². The van der Waals surface area contributed by atoms with Gasteiger partial charge in [-0.25, -0.2) is 9.37 Å². The lowest BCUT2D eigenvalue weighted by Gasteiger charge is -2.28. The Hall–Kier alpha value is -4.33. The Morgan fingerprint density at radius 1 is 0.921 bits per heavy atom. The maximum absolute atomic E-state index is 13.9. The van der Waals surface area contributed by atoms with Crippen molar-refractivity contribution in [2.75, 3.05) is 0 Å². The smallest absolute Gasteiger partial charge is 0.320 e. The van der Waals surface area contributed by atoms with Crippen LogP contribution in [-0.4, -0.2) is 21.5 Å². The van der Waals surface area contributed by atoms with E-state index in [0.29, 0.717) is 30.6 Å². The van der Waals surface area contributed by atoms with E-state index >= 15 is 0 Å². The highest BCUT2D eigenvalue weighted by atomic mass is 19.1. The van der Waals surface area contributed by atoms with E-state index < -0.39 is 23.7 Å². The first-order valence-corrected chi connectivity index (χ1v) is 12.6. The van der Waals surface area contributed by atoms with Gasteiger partial charge in [0.1, 0.15) is 24.9 Å². The summed E-state index contributed by atoms with van der Waals surface area (Å²) in [6, 6.07) is 22.3. The third-order valence-corrected chi connectivity index (χ3v) is 6.78. The van der Waals surface area contributed by atoms with Crippen molar-refractivity contribution < 1.29 is 23.5 Å². The third-order valence-electron chi connectivity index (χ3n) is 6.78. The lowest BCUT2D eigenvalue weighted by molar-refractivity contribution is -0.164. The van der Waals surface area contributed by atoms with E-state index in [2.05, 4.69) is 4.98 Å². The molecule has 1 aromatic heterocycles. The van der Waals surface area contributed by atoms with Crippen LogP contribution in [0.4, 0.5) is 4.39 Å². The van der Waals surface area contributed by atoms with Gasteiger partial charge in [-0.1, -0.05) is 60.7 Å². The van der Waals surface area contributed by atoms with Crippen LogP contribution in [0, 0.1) is 11.7 Å². The number of hydrogen-bond acceptors (Lipinski definition) is 6. The molecule has 1 atom stereocenters. The number of halogens is 1. The molecule has 0 spiro atoms. The van der Waals surface area contributed by atoms with Crippen LogP contribution in [0.2, 0.25) is 0 Å². The molecule has 0 saturated heterocycles. The quantitative estimate of drug-likeness (QED) is 0.245. The highest BCUT2D eigenvalue weighted by Gasteiger charge is 2.36. The van der Waals surface area contributed by atoms with Crippen molar-refractivity contribution in [2.24, 2.45) is 5.92 Å². The van der Waals surface area contributed by atoms with Crippen molar-refractivity contribution in [1.29, 1.82) is 0 Å². The molecule has 0 saturated carbocycles. The van der Waals surface area contributed by atoms with Crippen LogP contribution in [-0.2, 0) is 38.8 Å². The number of hydrogen-bond donors (Lipinski definition) is 0. The summed E-state index contributed by atoms with van der Waals surface area (Å²) in [4.78, 5) is 44.2. The Morgan fingerprint density at radius 3 is 2.13 bits per heavy atom. The van der Waals surface area contributed by atoms with Gasteiger partial charge >= 0.3 is 11.9 Å². The summed E-state index contributed by atoms with van der Waals surface area (Å²) >= 11 is 0. The Morgan fingerprint density at radius 2 is 1.53 bits per heavy atom. The van der Waals surface area contributed by atoms with Crippen molar-refractivity contribution in [3.63, 3.8) is 0 Å². The molecule has 1 aliphatic rings. The number of carbonyl (C=O) groups excluding carboxylic acids is 2. The van der Waals surface area contributed by atoms with E-state index in [1.165, 1.54) is 18.2 Å². The Balaban J connectivity index is 1.41. The van der Waals surface area contributed by atoms with Crippen LogP contribution in [0.5, 0.6) is 0 Å². The fourth-order valence-electron chi connectivity index (χ4n) is 4.82. The van der Waals surface area contributed by atoms with Gasteiger partial charge < -0.3 is 9.47 Å². The van der Waals surface area contributed by atoms with E-state index in [1.54, 1.807) is 4.57 Å². The van der Waals surface area contributed by atoms with Crippen LogP contribution in [0.15, 0.2) is 83.7 Å². The highest BCUT2D eigenvalue weighted by molar-refractivity contribution is 5.95. The molecule has 0 bridgehead atoms. The number of carbonyl (C=O) groups is 2. The second kappa shape index (κ2) is 11.4. The molecular formula is C30H27FN2O5. The first-order chi connectivity index (χ1) is 18.5. The van der Waals surface area contributed by atoms with Gasteiger partial charge in [0.2, 0.25) is 0 Å². The number of esters is 2. The number of rotatable bonds is 8. The monoisotopic (exact) mass is 514 g/mol. The van der Waals surface area contributed by atoms with E-state index in [1.807, 2.05) is 60.7 Å². The molecule has 1 unspecified atom stereocenters. The van der Waals surface area contributed by atoms with Gasteiger partial charge in [-0.15, -0.1) is 0 Å². The maximum Gasteiger partial charge on any atom is 0.320 e. The molecule has 4 aromatic rings. The molecule has 0 aliphatic carbocycles. The standard InChI is InChI=1S/C30H27FN2O5/c31-23-13-14-24-26(17-23)32-27-22(12-7-15-33(27)28(24)34)16-25(29(35)37-18-20-8-3-1-4-9-20)30(36)38-19-21-10-5-2-6-11-21/h1-6,8-11,13-14,17,22,25H,7,12,15-16,18-19H2. The summed E-state index contributed by atoms with van der Waals surface area (Å²) in [6.07, 6.45) is 1.35. The molecule has 7 nitrogen and oxygen atoms in total. The van der Waals surface area contributed by atoms with Crippen molar-refractivity contribution in [2.45, 2.75) is 44.9 Å². The van der Waals surface area contributed by atoms with Crippen LogP contribution in [0.25, 0.3) is 10.9 Å². The Kier molecular flexibility index (Phi) is 7.58. The van der Waals surface area contributed by atoms with Crippen LogP contribution < -0.4 is 5.56 Å². The highest BCUT2D eigenvalue weighted by Crippen LogP contribution is 2.33. The Bertz CT molecular complexity index is 1450. The van der Waals surface area contributed by atoms with E-state index in [0.717, 1.165) is 11.1 Å². The first-order valence-electron chi connectivity index (χ1n) is 12.6. The first kappa shape index (κ1) is 25.3. The van der Waals surface area contributed by atoms with Crippen molar-refractivity contribution >= 4 is 22.8 Å². The number of nitrogens with zero attached hydrogens (tertiary/aromatic N) is 2.